The number of amides is 1. The van der Waals surface area contributed by atoms with E-state index in [9.17, 15) is 9.90 Å². The molecular weight excluding hydrogens is 332 g/mol. The van der Waals surface area contributed by atoms with Crippen molar-refractivity contribution < 1.29 is 19.4 Å². The van der Waals surface area contributed by atoms with Gasteiger partial charge in [0.25, 0.3) is 5.91 Å². The number of nitrogens with zero attached hydrogens (tertiary/aromatic N) is 2. The third-order valence-corrected chi connectivity index (χ3v) is 5.64. The summed E-state index contributed by atoms with van der Waals surface area (Å²) in [4.78, 5) is 17.0. The van der Waals surface area contributed by atoms with Gasteiger partial charge in [-0.25, -0.2) is 0 Å². The number of hydrogen-bond acceptors (Lipinski definition) is 5. The maximum atomic E-state index is 12.7. The Balaban J connectivity index is 1.61. The van der Waals surface area contributed by atoms with Crippen LogP contribution in [0.15, 0.2) is 30.3 Å². The van der Waals surface area contributed by atoms with E-state index in [2.05, 4.69) is 11.8 Å². The second-order valence-corrected chi connectivity index (χ2v) is 7.14. The number of hydrogen-bond donors (Lipinski definition) is 1. The minimum Gasteiger partial charge on any atom is -0.484 e. The molecule has 0 spiro atoms. The van der Waals surface area contributed by atoms with Crippen LogP contribution >= 0.6 is 0 Å². The molecule has 6 nitrogen and oxygen atoms in total. The van der Waals surface area contributed by atoms with Crippen LogP contribution in [0.3, 0.4) is 0 Å². The molecule has 26 heavy (non-hydrogen) atoms. The monoisotopic (exact) mass is 362 g/mol. The lowest BCUT2D eigenvalue weighted by atomic mass is 9.88. The van der Waals surface area contributed by atoms with Gasteiger partial charge in [-0.2, -0.15) is 0 Å². The number of carbonyl (C=O) groups is 1. The first-order chi connectivity index (χ1) is 12.7. The van der Waals surface area contributed by atoms with E-state index in [1.54, 1.807) is 0 Å². The summed E-state index contributed by atoms with van der Waals surface area (Å²) in [5.74, 6) is 1.35. The van der Waals surface area contributed by atoms with Crippen molar-refractivity contribution in [3.63, 3.8) is 0 Å². The number of aliphatic hydroxyl groups excluding tert-OH is 1. The van der Waals surface area contributed by atoms with Gasteiger partial charge in [0.05, 0.1) is 25.9 Å². The molecule has 1 aromatic carbocycles. The molecule has 0 aliphatic carbocycles. The first-order valence-corrected chi connectivity index (χ1v) is 9.61. The van der Waals surface area contributed by atoms with Gasteiger partial charge in [0, 0.05) is 26.2 Å². The third kappa shape index (κ3) is 4.55. The average Bonchev–Trinajstić information content (AvgIpc) is 3.05. The van der Waals surface area contributed by atoms with E-state index in [1.165, 1.54) is 0 Å². The predicted molar refractivity (Wildman–Crippen MR) is 99.1 cm³/mol. The third-order valence-electron chi connectivity index (χ3n) is 5.64. The van der Waals surface area contributed by atoms with Gasteiger partial charge in [-0.05, 0) is 24.0 Å². The highest BCUT2D eigenvalue weighted by Crippen LogP contribution is 2.33. The molecule has 1 aromatic rings. The van der Waals surface area contributed by atoms with E-state index < -0.39 is 0 Å². The molecule has 0 saturated carbocycles. The van der Waals surface area contributed by atoms with Crippen LogP contribution < -0.4 is 4.74 Å². The molecule has 3 atom stereocenters. The van der Waals surface area contributed by atoms with Crippen LogP contribution in [0, 0.1) is 11.8 Å². The van der Waals surface area contributed by atoms with E-state index >= 15 is 0 Å². The normalized spacial score (nSPS) is 26.8. The highest BCUT2D eigenvalue weighted by atomic mass is 16.5. The molecule has 144 valence electrons. The number of ether oxygens (including phenoxy) is 2. The molecule has 2 saturated heterocycles. The van der Waals surface area contributed by atoms with Crippen LogP contribution in [0.4, 0.5) is 0 Å². The number of benzene rings is 1. The van der Waals surface area contributed by atoms with Gasteiger partial charge in [-0.1, -0.05) is 31.5 Å². The Labute approximate surface area is 155 Å². The summed E-state index contributed by atoms with van der Waals surface area (Å²) in [7, 11) is 0. The fourth-order valence-electron chi connectivity index (χ4n) is 4.12. The summed E-state index contributed by atoms with van der Waals surface area (Å²) >= 11 is 0. The molecule has 6 heteroatoms. The number of carbonyl (C=O) groups excluding carboxylic acids is 1. The van der Waals surface area contributed by atoms with Crippen LogP contribution in [-0.4, -0.2) is 79.5 Å². The van der Waals surface area contributed by atoms with Crippen LogP contribution in [0.5, 0.6) is 5.75 Å². The predicted octanol–water partition coefficient (Wildman–Crippen LogP) is 1.24. The molecule has 2 heterocycles. The number of aliphatic hydroxyl groups is 1. The van der Waals surface area contributed by atoms with Crippen LogP contribution in [-0.2, 0) is 9.53 Å². The minimum absolute atomic E-state index is 0.00256. The molecule has 0 aromatic heterocycles. The zero-order valence-electron chi connectivity index (χ0n) is 15.5. The lowest BCUT2D eigenvalue weighted by Gasteiger charge is -2.33. The van der Waals surface area contributed by atoms with Gasteiger partial charge in [0.2, 0.25) is 0 Å². The van der Waals surface area contributed by atoms with E-state index in [4.69, 9.17) is 9.47 Å². The molecule has 1 N–H and O–H groups in total. The summed E-state index contributed by atoms with van der Waals surface area (Å²) in [6.07, 6.45) is 1.01. The van der Waals surface area contributed by atoms with Crippen molar-refractivity contribution in [2.24, 2.45) is 11.8 Å². The van der Waals surface area contributed by atoms with Crippen molar-refractivity contribution in [1.82, 2.24) is 9.80 Å². The first kappa shape index (κ1) is 19.1. The number of likely N-dealkylation sites (tertiary alicyclic amines) is 1. The van der Waals surface area contributed by atoms with E-state index in [0.29, 0.717) is 24.1 Å². The fourth-order valence-corrected chi connectivity index (χ4v) is 4.12. The SMILES string of the molecule is CC[C@@H]1CN(C(=O)COc2ccccc2)[C@H](CO)[C@@H]1CN1CCOCC1. The van der Waals surface area contributed by atoms with Gasteiger partial charge >= 0.3 is 0 Å². The Morgan fingerprint density at radius 2 is 2.00 bits per heavy atom. The lowest BCUT2D eigenvalue weighted by Crippen LogP contribution is -2.47. The lowest BCUT2D eigenvalue weighted by molar-refractivity contribution is -0.135. The smallest absolute Gasteiger partial charge is 0.260 e. The van der Waals surface area contributed by atoms with Crippen LogP contribution in [0.1, 0.15) is 13.3 Å². The standard InChI is InChI=1S/C20H30N2O4/c1-2-16-12-22(20(24)15-26-17-6-4-3-5-7-17)19(14-23)18(16)13-21-8-10-25-11-9-21/h3-7,16,18-19,23H,2,8-15H2,1H3/t16-,18-,19-/m1/s1. The Morgan fingerprint density at radius 1 is 1.27 bits per heavy atom. The Hall–Kier alpha value is -1.63. The molecule has 0 bridgehead atoms. The van der Waals surface area contributed by atoms with Crippen molar-refractivity contribution >= 4 is 5.91 Å². The molecule has 3 rings (SSSR count). The number of para-hydroxylation sites is 1. The first-order valence-electron chi connectivity index (χ1n) is 9.61. The van der Waals surface area contributed by atoms with Crippen molar-refractivity contribution in [2.45, 2.75) is 19.4 Å². The van der Waals surface area contributed by atoms with Gasteiger partial charge in [-0.3, -0.25) is 9.69 Å². The maximum absolute atomic E-state index is 12.7. The summed E-state index contributed by atoms with van der Waals surface area (Å²) in [5.41, 5.74) is 0. The van der Waals surface area contributed by atoms with Gasteiger partial charge in [0.1, 0.15) is 5.75 Å². The quantitative estimate of drug-likeness (QED) is 0.791. The number of morpholine rings is 1. The summed E-state index contributed by atoms with van der Waals surface area (Å²) < 4.78 is 11.1. The van der Waals surface area contributed by atoms with Crippen molar-refractivity contribution in [2.75, 3.05) is 52.6 Å². The zero-order chi connectivity index (χ0) is 18.4. The Bertz CT molecular complexity index is 562. The highest BCUT2D eigenvalue weighted by Gasteiger charge is 2.43. The zero-order valence-corrected chi connectivity index (χ0v) is 15.5. The van der Waals surface area contributed by atoms with Crippen LogP contribution in [0.2, 0.25) is 0 Å². The fraction of sp³-hybridized carbons (Fsp3) is 0.650. The average molecular weight is 362 g/mol. The van der Waals surface area contributed by atoms with Gasteiger partial charge < -0.3 is 19.5 Å². The van der Waals surface area contributed by atoms with Gasteiger partial charge in [0.15, 0.2) is 6.61 Å². The molecule has 2 aliphatic heterocycles. The minimum atomic E-state index is -0.130. The molecule has 0 radical (unpaired) electrons. The topological polar surface area (TPSA) is 62.2 Å². The molecule has 2 fully saturated rings. The second-order valence-electron chi connectivity index (χ2n) is 7.14. The molecular formula is C20H30N2O4. The van der Waals surface area contributed by atoms with Crippen molar-refractivity contribution in [3.05, 3.63) is 30.3 Å². The van der Waals surface area contributed by atoms with E-state index in [1.807, 2.05) is 35.2 Å². The summed E-state index contributed by atoms with van der Waals surface area (Å²) in [6.45, 7) is 7.18. The Morgan fingerprint density at radius 3 is 2.65 bits per heavy atom. The van der Waals surface area contributed by atoms with Crippen molar-refractivity contribution in [1.29, 1.82) is 0 Å². The van der Waals surface area contributed by atoms with E-state index in [0.717, 1.165) is 39.3 Å². The van der Waals surface area contributed by atoms with Crippen molar-refractivity contribution in [3.8, 4) is 5.75 Å². The summed E-state index contributed by atoms with van der Waals surface area (Å²) in [6, 6.07) is 9.25. The largest absolute Gasteiger partial charge is 0.484 e. The number of rotatable bonds is 7. The van der Waals surface area contributed by atoms with Crippen LogP contribution in [0.25, 0.3) is 0 Å². The Kier molecular flexibility index (Phi) is 6.88. The molecule has 0 unspecified atom stereocenters. The molecule has 2 aliphatic rings. The second kappa shape index (κ2) is 9.35. The highest BCUT2D eigenvalue weighted by molar-refractivity contribution is 5.78. The van der Waals surface area contributed by atoms with Gasteiger partial charge in [-0.15, -0.1) is 0 Å². The molecule has 1 amide bonds. The maximum Gasteiger partial charge on any atom is 0.260 e. The summed E-state index contributed by atoms with van der Waals surface area (Å²) in [5, 5.41) is 10.0. The van der Waals surface area contributed by atoms with E-state index in [-0.39, 0.29) is 25.2 Å².